The predicted molar refractivity (Wildman–Crippen MR) is 70.7 cm³/mol. The lowest BCUT2D eigenvalue weighted by molar-refractivity contribution is -0.120. The number of carbonyl (C=O) groups excluding carboxylic acids is 1. The number of benzene rings is 1. The summed E-state index contributed by atoms with van der Waals surface area (Å²) in [5.41, 5.74) is 0.722. The molecule has 0 heterocycles. The van der Waals surface area contributed by atoms with Crippen LogP contribution < -0.4 is 10.1 Å². The number of nitrogens with one attached hydrogen (secondary N) is 1. The van der Waals surface area contributed by atoms with E-state index in [1.807, 2.05) is 0 Å². The van der Waals surface area contributed by atoms with Crippen molar-refractivity contribution in [2.24, 2.45) is 0 Å². The largest absolute Gasteiger partial charge is 0.435 e. The van der Waals surface area contributed by atoms with Crippen LogP contribution in [0.15, 0.2) is 24.3 Å². The third-order valence-corrected chi connectivity index (χ3v) is 2.63. The molecule has 1 atom stereocenters. The molecule has 112 valence electrons. The molecular formula is C14H19F2NO3. The van der Waals surface area contributed by atoms with Crippen molar-refractivity contribution in [3.8, 4) is 5.75 Å². The summed E-state index contributed by atoms with van der Waals surface area (Å²) in [6, 6.07) is 5.96. The highest BCUT2D eigenvalue weighted by Gasteiger charge is 2.06. The molecule has 2 N–H and O–H groups in total. The van der Waals surface area contributed by atoms with Crippen molar-refractivity contribution >= 4 is 5.91 Å². The number of halogens is 2. The van der Waals surface area contributed by atoms with Crippen molar-refractivity contribution in [1.29, 1.82) is 0 Å². The number of carbonyl (C=O) groups is 1. The first-order valence-electron chi connectivity index (χ1n) is 6.46. The molecule has 0 aromatic heterocycles. The average molecular weight is 287 g/mol. The molecular weight excluding hydrogens is 268 g/mol. The molecule has 0 spiro atoms. The Hall–Kier alpha value is -1.69. The Morgan fingerprint density at radius 3 is 2.55 bits per heavy atom. The van der Waals surface area contributed by atoms with E-state index in [4.69, 9.17) is 5.11 Å². The first kappa shape index (κ1) is 16.4. The van der Waals surface area contributed by atoms with Crippen LogP contribution in [0, 0.1) is 0 Å². The van der Waals surface area contributed by atoms with Crippen LogP contribution in [-0.2, 0) is 11.2 Å². The third kappa shape index (κ3) is 7.04. The zero-order chi connectivity index (χ0) is 15.0. The zero-order valence-electron chi connectivity index (χ0n) is 11.3. The van der Waals surface area contributed by atoms with Gasteiger partial charge in [0.25, 0.3) is 0 Å². The number of aliphatic hydroxyl groups is 1. The second-order valence-electron chi connectivity index (χ2n) is 4.54. The molecule has 0 aliphatic carbocycles. The van der Waals surface area contributed by atoms with Gasteiger partial charge in [-0.15, -0.1) is 0 Å². The molecule has 0 aliphatic rings. The van der Waals surface area contributed by atoms with E-state index in [1.54, 1.807) is 19.1 Å². The standard InChI is InChI=1S/C14H19F2NO3/c1-10(18)3-2-8-17-13(19)9-11-4-6-12(7-5-11)20-14(15)16/h4-7,10,14,18H,2-3,8-9H2,1H3,(H,17,19). The van der Waals surface area contributed by atoms with E-state index in [1.165, 1.54) is 12.1 Å². The van der Waals surface area contributed by atoms with E-state index >= 15 is 0 Å². The van der Waals surface area contributed by atoms with Crippen LogP contribution >= 0.6 is 0 Å². The van der Waals surface area contributed by atoms with Crippen LogP contribution in [-0.4, -0.2) is 30.3 Å². The molecule has 0 saturated carbocycles. The molecule has 0 aliphatic heterocycles. The molecule has 0 bridgehead atoms. The van der Waals surface area contributed by atoms with Crippen molar-refractivity contribution in [3.05, 3.63) is 29.8 Å². The van der Waals surface area contributed by atoms with Gasteiger partial charge in [-0.25, -0.2) is 0 Å². The van der Waals surface area contributed by atoms with E-state index in [0.29, 0.717) is 19.4 Å². The lowest BCUT2D eigenvalue weighted by atomic mass is 10.1. The normalized spacial score (nSPS) is 12.2. The van der Waals surface area contributed by atoms with Crippen molar-refractivity contribution in [1.82, 2.24) is 5.32 Å². The highest BCUT2D eigenvalue weighted by atomic mass is 19.3. The van der Waals surface area contributed by atoms with Crippen LogP contribution in [0.5, 0.6) is 5.75 Å². The Kier molecular flexibility index (Phi) is 6.93. The Labute approximate surface area is 116 Å². The fourth-order valence-electron chi connectivity index (χ4n) is 1.66. The van der Waals surface area contributed by atoms with Crippen LogP contribution in [0.2, 0.25) is 0 Å². The van der Waals surface area contributed by atoms with Crippen LogP contribution in [0.1, 0.15) is 25.3 Å². The zero-order valence-corrected chi connectivity index (χ0v) is 11.3. The van der Waals surface area contributed by atoms with Gasteiger partial charge < -0.3 is 15.2 Å². The highest BCUT2D eigenvalue weighted by Crippen LogP contribution is 2.15. The summed E-state index contributed by atoms with van der Waals surface area (Å²) in [4.78, 5) is 11.6. The topological polar surface area (TPSA) is 58.6 Å². The minimum absolute atomic E-state index is 0.0705. The van der Waals surface area contributed by atoms with Crippen molar-refractivity contribution in [3.63, 3.8) is 0 Å². The van der Waals surface area contributed by atoms with Crippen LogP contribution in [0.4, 0.5) is 8.78 Å². The summed E-state index contributed by atoms with van der Waals surface area (Å²) >= 11 is 0. The Balaban J connectivity index is 2.31. The summed E-state index contributed by atoms with van der Waals surface area (Å²) in [7, 11) is 0. The van der Waals surface area contributed by atoms with Gasteiger partial charge in [-0.05, 0) is 37.5 Å². The molecule has 1 aromatic carbocycles. The van der Waals surface area contributed by atoms with Crippen LogP contribution in [0.3, 0.4) is 0 Å². The van der Waals surface area contributed by atoms with Crippen LogP contribution in [0.25, 0.3) is 0 Å². The molecule has 1 aromatic rings. The van der Waals surface area contributed by atoms with E-state index in [0.717, 1.165) is 5.56 Å². The Morgan fingerprint density at radius 1 is 1.35 bits per heavy atom. The Morgan fingerprint density at radius 2 is 2.00 bits per heavy atom. The molecule has 0 fully saturated rings. The summed E-state index contributed by atoms with van der Waals surface area (Å²) in [5.74, 6) is -0.0702. The van der Waals surface area contributed by atoms with Gasteiger partial charge in [0.2, 0.25) is 5.91 Å². The molecule has 1 rings (SSSR count). The average Bonchev–Trinajstić information content (AvgIpc) is 2.36. The van der Waals surface area contributed by atoms with E-state index in [-0.39, 0.29) is 24.2 Å². The smallest absolute Gasteiger partial charge is 0.387 e. The van der Waals surface area contributed by atoms with Gasteiger partial charge >= 0.3 is 6.61 Å². The van der Waals surface area contributed by atoms with E-state index in [2.05, 4.69) is 10.1 Å². The summed E-state index contributed by atoms with van der Waals surface area (Å²) in [6.45, 7) is -0.640. The number of hydrogen-bond donors (Lipinski definition) is 2. The highest BCUT2D eigenvalue weighted by molar-refractivity contribution is 5.78. The van der Waals surface area contributed by atoms with Gasteiger partial charge in [-0.3, -0.25) is 4.79 Å². The quantitative estimate of drug-likeness (QED) is 0.720. The number of alkyl halides is 2. The van der Waals surface area contributed by atoms with Crippen molar-refractivity contribution in [2.45, 2.75) is 38.9 Å². The fraction of sp³-hybridized carbons (Fsp3) is 0.500. The second-order valence-corrected chi connectivity index (χ2v) is 4.54. The molecule has 20 heavy (non-hydrogen) atoms. The third-order valence-electron chi connectivity index (χ3n) is 2.63. The lowest BCUT2D eigenvalue weighted by Gasteiger charge is -2.08. The summed E-state index contributed by atoms with van der Waals surface area (Å²) < 4.78 is 28.1. The molecule has 1 unspecified atom stereocenters. The van der Waals surface area contributed by atoms with E-state index < -0.39 is 6.61 Å². The first-order chi connectivity index (χ1) is 9.47. The van der Waals surface area contributed by atoms with Gasteiger partial charge in [0.15, 0.2) is 0 Å². The number of aliphatic hydroxyl groups excluding tert-OH is 1. The summed E-state index contributed by atoms with van der Waals surface area (Å²) in [6.07, 6.45) is 1.17. The van der Waals surface area contributed by atoms with Gasteiger partial charge in [-0.2, -0.15) is 8.78 Å². The van der Waals surface area contributed by atoms with Gasteiger partial charge in [0.05, 0.1) is 12.5 Å². The number of amides is 1. The Bertz CT molecular complexity index is 407. The van der Waals surface area contributed by atoms with Crippen molar-refractivity contribution in [2.75, 3.05) is 6.54 Å². The minimum Gasteiger partial charge on any atom is -0.435 e. The van der Waals surface area contributed by atoms with Gasteiger partial charge in [0, 0.05) is 6.54 Å². The number of hydrogen-bond acceptors (Lipinski definition) is 3. The second kappa shape index (κ2) is 8.47. The maximum atomic E-state index is 12.0. The van der Waals surface area contributed by atoms with Gasteiger partial charge in [0.1, 0.15) is 5.75 Å². The van der Waals surface area contributed by atoms with Crippen molar-refractivity contribution < 1.29 is 23.4 Å². The fourth-order valence-corrected chi connectivity index (χ4v) is 1.66. The summed E-state index contributed by atoms with van der Waals surface area (Å²) in [5, 5.41) is 11.8. The maximum absolute atomic E-state index is 12.0. The van der Waals surface area contributed by atoms with E-state index in [9.17, 15) is 13.6 Å². The molecule has 4 nitrogen and oxygen atoms in total. The molecule has 1 amide bonds. The lowest BCUT2D eigenvalue weighted by Crippen LogP contribution is -2.26. The minimum atomic E-state index is -2.85. The first-order valence-corrected chi connectivity index (χ1v) is 6.46. The monoisotopic (exact) mass is 287 g/mol. The molecule has 6 heteroatoms. The van der Waals surface area contributed by atoms with Gasteiger partial charge in [-0.1, -0.05) is 12.1 Å². The molecule has 0 radical (unpaired) electrons. The molecule has 0 saturated heterocycles. The number of ether oxygens (including phenoxy) is 1. The number of rotatable bonds is 8. The SMILES string of the molecule is CC(O)CCCNC(=O)Cc1ccc(OC(F)F)cc1. The predicted octanol–water partition coefficient (Wildman–Crippen LogP) is 2.11. The maximum Gasteiger partial charge on any atom is 0.387 e.